The Labute approximate surface area is 147 Å². The Kier molecular flexibility index (Phi) is 4.76. The van der Waals surface area contributed by atoms with E-state index in [-0.39, 0.29) is 18.5 Å². The van der Waals surface area contributed by atoms with Gasteiger partial charge in [0.15, 0.2) is 6.23 Å². The predicted octanol–water partition coefficient (Wildman–Crippen LogP) is 1.69. The minimum absolute atomic E-state index is 0.00566. The molecular weight excluding hydrogens is 384 g/mol. The summed E-state index contributed by atoms with van der Waals surface area (Å²) in [4.78, 5) is 15.5. The molecule has 2 aliphatic rings. The lowest BCUT2D eigenvalue weighted by atomic mass is 10.1. The molecule has 0 spiro atoms. The van der Waals surface area contributed by atoms with E-state index < -0.39 is 36.0 Å². The first-order valence-electron chi connectivity index (χ1n) is 7.12. The van der Waals surface area contributed by atoms with Crippen molar-refractivity contribution in [2.75, 3.05) is 12.3 Å². The van der Waals surface area contributed by atoms with E-state index in [9.17, 15) is 4.79 Å². The van der Waals surface area contributed by atoms with Crippen molar-refractivity contribution in [3.63, 3.8) is 0 Å². The van der Waals surface area contributed by atoms with Gasteiger partial charge in [-0.15, -0.1) is 0 Å². The zero-order chi connectivity index (χ0) is 17.7. The van der Waals surface area contributed by atoms with Gasteiger partial charge in [0.05, 0.1) is 12.7 Å². The highest BCUT2D eigenvalue weighted by Gasteiger charge is 2.62. The van der Waals surface area contributed by atoms with E-state index >= 15 is 4.39 Å². The number of anilines is 1. The Balaban J connectivity index is 1.90. The van der Waals surface area contributed by atoms with E-state index in [0.29, 0.717) is 0 Å². The summed E-state index contributed by atoms with van der Waals surface area (Å²) in [5.41, 5.74) is 4.64. The summed E-state index contributed by atoms with van der Waals surface area (Å²) < 4.78 is 38.1. The zero-order valence-corrected chi connectivity index (χ0v) is 15.3. The Bertz CT molecular complexity index is 748. The third-order valence-electron chi connectivity index (χ3n) is 3.43. The monoisotopic (exact) mass is 399 g/mol. The van der Waals surface area contributed by atoms with Crippen LogP contribution in [-0.4, -0.2) is 39.6 Å². The van der Waals surface area contributed by atoms with Gasteiger partial charge in [-0.05, 0) is 31.7 Å². The van der Waals surface area contributed by atoms with Crippen LogP contribution in [-0.2, 0) is 30.1 Å². The van der Waals surface area contributed by atoms with E-state index in [0.717, 1.165) is 4.57 Å². The van der Waals surface area contributed by atoms with Crippen LogP contribution in [0, 0.1) is 0 Å². The van der Waals surface area contributed by atoms with Gasteiger partial charge in [-0.1, -0.05) is 11.6 Å². The number of nitrogens with zero attached hydrogens (tertiary/aromatic N) is 2. The molecule has 0 aromatic carbocycles. The minimum atomic E-state index is -3.15. The smallest absolute Gasteiger partial charge is 0.351 e. The van der Waals surface area contributed by atoms with E-state index in [1.165, 1.54) is 12.3 Å². The predicted molar refractivity (Wildman–Crippen MR) is 87.8 cm³/mol. The van der Waals surface area contributed by atoms with E-state index in [1.807, 2.05) is 0 Å². The molecule has 8 nitrogen and oxygen atoms in total. The van der Waals surface area contributed by atoms with Crippen LogP contribution in [0.2, 0.25) is 0 Å². The first-order valence-corrected chi connectivity index (χ1v) is 10.0. The number of halogens is 2. The second-order valence-electron chi connectivity index (χ2n) is 5.67. The van der Waals surface area contributed by atoms with Gasteiger partial charge in [0, 0.05) is 6.20 Å². The number of fused-ring (bicyclic) bond motifs is 1. The summed E-state index contributed by atoms with van der Waals surface area (Å²) in [5, 5.41) is -2.56. The SMILES string of the molecule is CC(C)O[P@@]1(=S)OC[C@H]2O[C@@H](n3ccc(N)nc3=O)[C@](F)(Cl)[C@@H]2O1. The van der Waals surface area contributed by atoms with E-state index in [2.05, 4.69) is 4.98 Å². The number of hydrogen-bond donors (Lipinski definition) is 1. The average molecular weight is 400 g/mol. The molecule has 0 saturated carbocycles. The maximum atomic E-state index is 15.2. The Morgan fingerprint density at radius 1 is 1.67 bits per heavy atom. The molecule has 0 radical (unpaired) electrons. The minimum Gasteiger partial charge on any atom is -0.383 e. The lowest BCUT2D eigenvalue weighted by molar-refractivity contribution is -0.0656. The molecule has 2 saturated heterocycles. The molecule has 1 aromatic rings. The number of nitrogen functional groups attached to an aromatic ring is 1. The first-order chi connectivity index (χ1) is 11.1. The summed E-state index contributed by atoms with van der Waals surface area (Å²) in [7, 11) is 0. The van der Waals surface area contributed by atoms with Gasteiger partial charge >= 0.3 is 12.4 Å². The van der Waals surface area contributed by atoms with Gasteiger partial charge in [0.2, 0.25) is 0 Å². The van der Waals surface area contributed by atoms with Crippen molar-refractivity contribution in [1.29, 1.82) is 0 Å². The molecule has 2 fully saturated rings. The summed E-state index contributed by atoms with van der Waals surface area (Å²) in [6, 6.07) is 1.34. The highest BCUT2D eigenvalue weighted by Crippen LogP contribution is 2.61. The van der Waals surface area contributed by atoms with Crippen LogP contribution in [0.15, 0.2) is 17.1 Å². The van der Waals surface area contributed by atoms with Gasteiger partial charge in [0.25, 0.3) is 5.13 Å². The van der Waals surface area contributed by atoms with Crippen molar-refractivity contribution in [3.05, 3.63) is 22.7 Å². The number of alkyl halides is 2. The van der Waals surface area contributed by atoms with Crippen LogP contribution in [0.4, 0.5) is 10.2 Å². The third kappa shape index (κ3) is 3.24. The Morgan fingerprint density at radius 2 is 2.38 bits per heavy atom. The fourth-order valence-corrected chi connectivity index (χ4v) is 5.45. The summed E-state index contributed by atoms with van der Waals surface area (Å²) >= 11 is 11.3. The largest absolute Gasteiger partial charge is 0.383 e. The maximum absolute atomic E-state index is 15.2. The van der Waals surface area contributed by atoms with Crippen molar-refractivity contribution in [3.8, 4) is 0 Å². The van der Waals surface area contributed by atoms with Gasteiger partial charge in [-0.25, -0.2) is 9.18 Å². The number of rotatable bonds is 3. The van der Waals surface area contributed by atoms with E-state index in [4.69, 9.17) is 47.4 Å². The molecule has 3 rings (SSSR count). The van der Waals surface area contributed by atoms with Crippen LogP contribution < -0.4 is 11.4 Å². The van der Waals surface area contributed by atoms with Crippen molar-refractivity contribution < 1.29 is 22.7 Å². The molecule has 0 aliphatic carbocycles. The number of hydrogen-bond acceptors (Lipinski definition) is 8. The molecule has 134 valence electrons. The summed E-state index contributed by atoms with van der Waals surface area (Å²) in [6.07, 6.45) is -2.55. The fourth-order valence-electron chi connectivity index (χ4n) is 2.48. The molecule has 24 heavy (non-hydrogen) atoms. The topological polar surface area (TPSA) is 97.8 Å². The molecule has 0 bridgehead atoms. The van der Waals surface area contributed by atoms with Crippen molar-refractivity contribution >= 4 is 35.9 Å². The van der Waals surface area contributed by atoms with Crippen LogP contribution in [0.3, 0.4) is 0 Å². The van der Waals surface area contributed by atoms with Crippen LogP contribution in [0.5, 0.6) is 0 Å². The molecule has 2 N–H and O–H groups in total. The normalized spacial score (nSPS) is 39.1. The van der Waals surface area contributed by atoms with Gasteiger partial charge < -0.3 is 19.5 Å². The molecule has 1 aromatic heterocycles. The lowest BCUT2D eigenvalue weighted by Crippen LogP contribution is -2.44. The summed E-state index contributed by atoms with van der Waals surface area (Å²) in [6.45, 7) is 0.301. The van der Waals surface area contributed by atoms with E-state index in [1.54, 1.807) is 13.8 Å². The highest BCUT2D eigenvalue weighted by atomic mass is 35.5. The number of nitrogens with two attached hydrogens (primary N) is 1. The summed E-state index contributed by atoms with van der Waals surface area (Å²) in [5.74, 6) is 0.00566. The molecule has 5 atom stereocenters. The zero-order valence-electron chi connectivity index (χ0n) is 12.8. The second-order valence-corrected chi connectivity index (χ2v) is 9.16. The van der Waals surface area contributed by atoms with Gasteiger partial charge in [0.1, 0.15) is 18.0 Å². The van der Waals surface area contributed by atoms with Gasteiger partial charge in [-0.3, -0.25) is 9.09 Å². The maximum Gasteiger partial charge on any atom is 0.351 e. The molecule has 0 amide bonds. The van der Waals surface area contributed by atoms with Crippen molar-refractivity contribution in [1.82, 2.24) is 9.55 Å². The van der Waals surface area contributed by atoms with Crippen molar-refractivity contribution in [2.45, 2.75) is 43.5 Å². The standard InChI is InChI=1S/C12H16ClFN3O5PS/c1-6(2)21-23(24)19-5-7-9(22-23)12(13,14)10(20-7)17-4-3-8(15)16-11(17)18/h3-4,6-7,9-10H,5H2,1-2H3,(H2,15,16,18)/t7-,9-,10-,12+,23+/m1/s1. The highest BCUT2D eigenvalue weighted by molar-refractivity contribution is 8.07. The first kappa shape index (κ1) is 18.2. The van der Waals surface area contributed by atoms with Crippen LogP contribution in [0.25, 0.3) is 0 Å². The molecular formula is C12H16ClFN3O5PS. The number of ether oxygens (including phenoxy) is 1. The average Bonchev–Trinajstić information content (AvgIpc) is 2.69. The molecule has 3 heterocycles. The third-order valence-corrected chi connectivity index (χ3v) is 6.30. The molecule has 0 unspecified atom stereocenters. The van der Waals surface area contributed by atoms with Crippen LogP contribution in [0.1, 0.15) is 20.1 Å². The Hall–Kier alpha value is -0.610. The fraction of sp³-hybridized carbons (Fsp3) is 0.667. The van der Waals surface area contributed by atoms with Crippen LogP contribution >= 0.6 is 18.3 Å². The second kappa shape index (κ2) is 6.28. The Morgan fingerprint density at radius 3 is 3.00 bits per heavy atom. The lowest BCUT2D eigenvalue weighted by Gasteiger charge is -2.35. The van der Waals surface area contributed by atoms with Crippen molar-refractivity contribution in [2.24, 2.45) is 0 Å². The number of aromatic nitrogens is 2. The van der Waals surface area contributed by atoms with Gasteiger partial charge in [-0.2, -0.15) is 4.98 Å². The quantitative estimate of drug-likeness (QED) is 0.605. The molecule has 12 heteroatoms. The molecule has 2 aliphatic heterocycles.